The van der Waals surface area contributed by atoms with E-state index in [9.17, 15) is 32.7 Å². The maximum Gasteiger partial charge on any atom is 0.357 e. The number of nitrogens with two attached hydrogens (primary N) is 1. The highest BCUT2D eigenvalue weighted by Gasteiger charge is 2.57. The fourth-order valence-electron chi connectivity index (χ4n) is 3.49. The van der Waals surface area contributed by atoms with E-state index < -0.39 is 75.4 Å². The number of esters is 2. The highest BCUT2D eigenvalue weighted by atomic mass is 32.2. The molecule has 0 saturated carbocycles. The number of aliphatic hydroxyl groups excluding tert-OH is 1. The molecule has 2 aliphatic rings. The molecule has 3 unspecified atom stereocenters. The molecule has 2 rings (SSSR count). The first-order valence-electron chi connectivity index (χ1n) is 9.72. The molecule has 0 aromatic carbocycles. The van der Waals surface area contributed by atoms with Gasteiger partial charge in [0.2, 0.25) is 18.6 Å². The van der Waals surface area contributed by atoms with E-state index in [0.717, 1.165) is 4.90 Å². The van der Waals surface area contributed by atoms with Gasteiger partial charge in [-0.25, -0.2) is 13.2 Å². The van der Waals surface area contributed by atoms with E-state index in [1.165, 1.54) is 6.92 Å². The number of β-lactam (4-membered cyclic amide) rings is 1. The molecular weight excluding hydrogens is 432 g/mol. The highest BCUT2D eigenvalue weighted by molar-refractivity contribution is 7.91. The zero-order valence-corrected chi connectivity index (χ0v) is 18.7. The van der Waals surface area contributed by atoms with Crippen LogP contribution in [0.15, 0.2) is 11.3 Å². The van der Waals surface area contributed by atoms with Gasteiger partial charge in [-0.15, -0.1) is 0 Å². The Morgan fingerprint density at radius 1 is 1.26 bits per heavy atom. The van der Waals surface area contributed by atoms with E-state index >= 15 is 0 Å². The Morgan fingerprint density at radius 3 is 2.39 bits per heavy atom. The van der Waals surface area contributed by atoms with Crippen molar-refractivity contribution in [2.45, 2.75) is 52.7 Å². The van der Waals surface area contributed by atoms with E-state index in [1.54, 1.807) is 20.8 Å². The molecule has 0 radical (unpaired) electrons. The first kappa shape index (κ1) is 24.8. The number of fused-ring (bicyclic) bond motifs is 1. The molecule has 0 spiro atoms. The average Bonchev–Trinajstić information content (AvgIpc) is 2.92. The molecule has 0 aromatic rings. The van der Waals surface area contributed by atoms with E-state index in [1.807, 2.05) is 0 Å². The van der Waals surface area contributed by atoms with Crippen molar-refractivity contribution in [3.8, 4) is 0 Å². The van der Waals surface area contributed by atoms with Crippen LogP contribution in [0.25, 0.3) is 0 Å². The van der Waals surface area contributed by atoms with Crippen molar-refractivity contribution in [2.24, 2.45) is 17.1 Å². The summed E-state index contributed by atoms with van der Waals surface area (Å²) in [6.45, 7) is 5.58. The van der Waals surface area contributed by atoms with Crippen molar-refractivity contribution in [3.63, 3.8) is 0 Å². The third-order valence-electron chi connectivity index (χ3n) is 5.06. The van der Waals surface area contributed by atoms with Crippen LogP contribution in [0, 0.1) is 11.3 Å². The summed E-state index contributed by atoms with van der Waals surface area (Å²) in [5.41, 5.74) is 4.09. The van der Waals surface area contributed by atoms with Crippen LogP contribution in [-0.2, 0) is 38.5 Å². The topological polar surface area (TPSA) is 170 Å². The second kappa shape index (κ2) is 8.95. The van der Waals surface area contributed by atoms with Crippen LogP contribution in [0.3, 0.4) is 0 Å². The van der Waals surface area contributed by atoms with Gasteiger partial charge in [-0.05, 0) is 39.7 Å². The highest BCUT2D eigenvalue weighted by Crippen LogP contribution is 2.44. The Labute approximate surface area is 180 Å². The summed E-state index contributed by atoms with van der Waals surface area (Å²) in [6, 6.07) is -0.575. The van der Waals surface area contributed by atoms with Crippen LogP contribution in [0.2, 0.25) is 0 Å². The maximum atomic E-state index is 12.7. The number of carbonyl (C=O) groups is 4. The molecule has 1 fully saturated rings. The molecule has 2 aliphatic heterocycles. The fraction of sp³-hybridized carbons (Fsp3) is 0.684. The number of primary amides is 1. The minimum absolute atomic E-state index is 0.0588. The normalized spacial score (nSPS) is 22.0. The number of nitrogens with zero attached hydrogens (tertiary/aromatic N) is 1. The molecule has 0 bridgehead atoms. The molecule has 2 amide bonds. The van der Waals surface area contributed by atoms with Gasteiger partial charge in [-0.3, -0.25) is 14.4 Å². The van der Waals surface area contributed by atoms with E-state index in [4.69, 9.17) is 15.2 Å². The molecular formula is C19H28N2O9S. The van der Waals surface area contributed by atoms with Gasteiger partial charge in [0.05, 0.1) is 35.0 Å². The molecule has 0 aromatic heterocycles. The van der Waals surface area contributed by atoms with Crippen molar-refractivity contribution in [2.75, 3.05) is 18.3 Å². The van der Waals surface area contributed by atoms with Gasteiger partial charge in [-0.1, -0.05) is 0 Å². The van der Waals surface area contributed by atoms with Gasteiger partial charge in [0.15, 0.2) is 9.84 Å². The first-order chi connectivity index (χ1) is 14.2. The van der Waals surface area contributed by atoms with Crippen molar-refractivity contribution >= 4 is 33.6 Å². The largest absolute Gasteiger partial charge is 0.427 e. The summed E-state index contributed by atoms with van der Waals surface area (Å²) in [6.07, 6.45) is -1.30. The summed E-state index contributed by atoms with van der Waals surface area (Å²) in [7, 11) is -3.81. The Kier molecular flexibility index (Phi) is 7.16. The fourth-order valence-corrected chi connectivity index (χ4v) is 4.94. The average molecular weight is 461 g/mol. The smallest absolute Gasteiger partial charge is 0.357 e. The molecule has 0 aliphatic carbocycles. The van der Waals surface area contributed by atoms with Crippen molar-refractivity contribution in [3.05, 3.63) is 11.3 Å². The lowest BCUT2D eigenvalue weighted by molar-refractivity contribution is -0.175. The van der Waals surface area contributed by atoms with Gasteiger partial charge >= 0.3 is 11.9 Å². The lowest BCUT2D eigenvalue weighted by Gasteiger charge is -2.44. The quantitative estimate of drug-likeness (QED) is 0.255. The van der Waals surface area contributed by atoms with Crippen LogP contribution >= 0.6 is 0 Å². The first-order valence-corrected chi connectivity index (χ1v) is 11.5. The molecule has 31 heavy (non-hydrogen) atoms. The minimum Gasteiger partial charge on any atom is -0.427 e. The van der Waals surface area contributed by atoms with Crippen molar-refractivity contribution in [1.29, 1.82) is 0 Å². The number of hydrogen-bond acceptors (Lipinski definition) is 9. The second-order valence-corrected chi connectivity index (χ2v) is 10.9. The molecule has 2 heterocycles. The molecule has 3 atom stereocenters. The standard InChI is InChI=1S/C19H28N2O9S/c1-10(22)14-12-7-11(8-31(27,28)6-5-13(20)23)15(21(12)16(14)24)17(25)29-9-30-18(26)19(2,3)4/h10,12,14,22H,5-9H2,1-4H3,(H2,20,23). The van der Waals surface area contributed by atoms with Crippen molar-refractivity contribution in [1.82, 2.24) is 4.90 Å². The van der Waals surface area contributed by atoms with E-state index in [0.29, 0.717) is 0 Å². The number of sulfone groups is 1. The molecule has 11 nitrogen and oxygen atoms in total. The van der Waals surface area contributed by atoms with Crippen LogP contribution < -0.4 is 5.73 Å². The zero-order chi connectivity index (χ0) is 23.7. The van der Waals surface area contributed by atoms with Gasteiger partial charge in [0.1, 0.15) is 5.70 Å². The van der Waals surface area contributed by atoms with E-state index in [-0.39, 0.29) is 24.1 Å². The summed E-state index contributed by atoms with van der Waals surface area (Å²) in [4.78, 5) is 49.0. The SMILES string of the molecule is CC(O)C1C(=O)N2C(C(=O)OCOC(=O)C(C)(C)C)=C(CS(=O)(=O)CCC(N)=O)CC12. The number of carbonyl (C=O) groups excluding carboxylic acids is 4. The van der Waals surface area contributed by atoms with Crippen molar-refractivity contribution < 1.29 is 42.2 Å². The summed E-state index contributed by atoms with van der Waals surface area (Å²) in [5.74, 6) is -4.77. The number of ether oxygens (including phenoxy) is 2. The van der Waals surface area contributed by atoms with E-state index in [2.05, 4.69) is 0 Å². The Bertz CT molecular complexity index is 915. The van der Waals surface area contributed by atoms with Crippen LogP contribution in [0.4, 0.5) is 0 Å². The van der Waals surface area contributed by atoms with Gasteiger partial charge in [0, 0.05) is 6.42 Å². The maximum absolute atomic E-state index is 12.7. The predicted molar refractivity (Wildman–Crippen MR) is 106 cm³/mol. The second-order valence-electron chi connectivity index (χ2n) is 8.74. The monoisotopic (exact) mass is 460 g/mol. The molecule has 3 N–H and O–H groups in total. The molecule has 1 saturated heterocycles. The Hall–Kier alpha value is -2.47. The third-order valence-corrected chi connectivity index (χ3v) is 6.67. The molecule has 174 valence electrons. The van der Waals surface area contributed by atoms with Crippen LogP contribution in [0.1, 0.15) is 40.5 Å². The predicted octanol–water partition coefficient (Wildman–Crippen LogP) is -0.768. The number of rotatable bonds is 9. The summed E-state index contributed by atoms with van der Waals surface area (Å²) < 4.78 is 34.6. The number of aliphatic hydroxyl groups is 1. The third kappa shape index (κ3) is 5.62. The minimum atomic E-state index is -3.81. The van der Waals surface area contributed by atoms with Crippen LogP contribution in [-0.4, -0.2) is 72.6 Å². The zero-order valence-electron chi connectivity index (χ0n) is 17.9. The van der Waals surface area contributed by atoms with Gasteiger partial charge in [-0.2, -0.15) is 0 Å². The molecule has 12 heteroatoms. The number of hydrogen-bond donors (Lipinski definition) is 2. The summed E-state index contributed by atoms with van der Waals surface area (Å²) >= 11 is 0. The van der Waals surface area contributed by atoms with Gasteiger partial charge in [0.25, 0.3) is 0 Å². The lowest BCUT2D eigenvalue weighted by atomic mass is 9.83. The summed E-state index contributed by atoms with van der Waals surface area (Å²) in [5, 5.41) is 9.85. The number of amides is 2. The van der Waals surface area contributed by atoms with Gasteiger partial charge < -0.3 is 25.2 Å². The Morgan fingerprint density at radius 2 is 1.87 bits per heavy atom. The van der Waals surface area contributed by atoms with Crippen LogP contribution in [0.5, 0.6) is 0 Å². The Balaban J connectivity index is 2.21. The lowest BCUT2D eigenvalue weighted by Crippen LogP contribution is -2.61.